The monoisotopic (exact) mass is 291 g/mol. The molecule has 3 heteroatoms. The van der Waals surface area contributed by atoms with Gasteiger partial charge in [0.1, 0.15) is 5.60 Å². The second-order valence-electron chi connectivity index (χ2n) is 5.29. The summed E-state index contributed by atoms with van der Waals surface area (Å²) in [4.78, 5) is 14.7. The maximum Gasteiger partial charge on any atom is 0.251 e. The number of rotatable bonds is 4. The molecule has 0 bridgehead atoms. The minimum absolute atomic E-state index is 0.173. The van der Waals surface area contributed by atoms with Crippen molar-refractivity contribution < 1.29 is 5.11 Å². The van der Waals surface area contributed by atoms with Crippen molar-refractivity contribution in [3.8, 4) is 0 Å². The first-order chi connectivity index (χ1) is 10.7. The molecule has 2 N–H and O–H groups in total. The lowest BCUT2D eigenvalue weighted by atomic mass is 9.81. The Morgan fingerprint density at radius 1 is 0.818 bits per heavy atom. The van der Waals surface area contributed by atoms with Gasteiger partial charge >= 0.3 is 0 Å². The molecular weight excluding hydrogens is 274 g/mol. The summed E-state index contributed by atoms with van der Waals surface area (Å²) in [5.41, 5.74) is 0.677. The second kappa shape index (κ2) is 6.00. The molecule has 0 fully saturated rings. The lowest BCUT2D eigenvalue weighted by Crippen LogP contribution is -2.32. The summed E-state index contributed by atoms with van der Waals surface area (Å²) >= 11 is 0. The Labute approximate surface area is 128 Å². The van der Waals surface area contributed by atoms with E-state index in [-0.39, 0.29) is 12.0 Å². The Hall–Kier alpha value is -2.65. The number of hydrogen-bond acceptors (Lipinski definition) is 2. The van der Waals surface area contributed by atoms with Crippen molar-refractivity contribution in [2.45, 2.75) is 12.0 Å². The third-order valence-corrected chi connectivity index (χ3v) is 3.85. The van der Waals surface area contributed by atoms with E-state index in [0.717, 1.165) is 11.1 Å². The van der Waals surface area contributed by atoms with Crippen molar-refractivity contribution in [3.05, 3.63) is 106 Å². The maximum atomic E-state index is 12.0. The summed E-state index contributed by atoms with van der Waals surface area (Å²) in [6.07, 6.45) is 1.81. The minimum atomic E-state index is -1.24. The minimum Gasteiger partial charge on any atom is -0.380 e. The second-order valence-corrected chi connectivity index (χ2v) is 5.29. The molecular formula is C19H17NO2. The van der Waals surface area contributed by atoms with Gasteiger partial charge < -0.3 is 10.1 Å². The van der Waals surface area contributed by atoms with Crippen molar-refractivity contribution in [2.24, 2.45) is 0 Å². The lowest BCUT2D eigenvalue weighted by molar-refractivity contribution is 0.0808. The standard InChI is InChI=1S/C19H17NO2/c21-18-15(8-7-13-20-18)14-19(22,16-9-3-1-4-10-16)17-11-5-2-6-12-17/h1-13,22H,14H2,(H,20,21). The van der Waals surface area contributed by atoms with Crippen LogP contribution in [0.3, 0.4) is 0 Å². The van der Waals surface area contributed by atoms with Gasteiger partial charge in [0.15, 0.2) is 0 Å². The Bertz CT molecular complexity index is 755. The van der Waals surface area contributed by atoms with Gasteiger partial charge in [-0.15, -0.1) is 0 Å². The van der Waals surface area contributed by atoms with Crippen molar-refractivity contribution in [1.29, 1.82) is 0 Å². The van der Waals surface area contributed by atoms with E-state index in [1.807, 2.05) is 60.7 Å². The number of nitrogens with one attached hydrogen (secondary N) is 1. The Balaban J connectivity index is 2.12. The number of hydrogen-bond donors (Lipinski definition) is 2. The summed E-state index contributed by atoms with van der Waals surface area (Å²) in [7, 11) is 0. The quantitative estimate of drug-likeness (QED) is 0.776. The number of aromatic amines is 1. The fourth-order valence-electron chi connectivity index (χ4n) is 2.67. The van der Waals surface area contributed by atoms with Crippen LogP contribution in [0.15, 0.2) is 83.8 Å². The molecule has 3 aromatic rings. The molecule has 0 amide bonds. The molecule has 0 aliphatic heterocycles. The average molecular weight is 291 g/mol. The van der Waals surface area contributed by atoms with Crippen LogP contribution in [0.5, 0.6) is 0 Å². The van der Waals surface area contributed by atoms with Crippen LogP contribution in [0, 0.1) is 0 Å². The zero-order valence-corrected chi connectivity index (χ0v) is 12.1. The number of aromatic nitrogens is 1. The Kier molecular flexibility index (Phi) is 3.90. The van der Waals surface area contributed by atoms with Gasteiger partial charge in [0, 0.05) is 18.2 Å². The summed E-state index contributed by atoms with van der Waals surface area (Å²) in [5, 5.41) is 11.4. The van der Waals surface area contributed by atoms with Gasteiger partial charge in [0.25, 0.3) is 5.56 Å². The summed E-state index contributed by atoms with van der Waals surface area (Å²) in [6.45, 7) is 0. The molecule has 1 heterocycles. The van der Waals surface area contributed by atoms with Gasteiger partial charge in [-0.25, -0.2) is 0 Å². The van der Waals surface area contributed by atoms with Crippen LogP contribution < -0.4 is 5.56 Å². The number of aliphatic hydroxyl groups is 1. The third-order valence-electron chi connectivity index (χ3n) is 3.85. The van der Waals surface area contributed by atoms with Crippen LogP contribution in [0.1, 0.15) is 16.7 Å². The lowest BCUT2D eigenvalue weighted by Gasteiger charge is -2.29. The number of benzene rings is 2. The van der Waals surface area contributed by atoms with E-state index in [1.165, 1.54) is 0 Å². The smallest absolute Gasteiger partial charge is 0.251 e. The van der Waals surface area contributed by atoms with Crippen molar-refractivity contribution >= 4 is 0 Å². The molecule has 1 aromatic heterocycles. The normalized spacial score (nSPS) is 11.3. The van der Waals surface area contributed by atoms with Crippen molar-refractivity contribution in [2.75, 3.05) is 0 Å². The van der Waals surface area contributed by atoms with E-state index < -0.39 is 5.60 Å². The highest BCUT2D eigenvalue weighted by atomic mass is 16.3. The van der Waals surface area contributed by atoms with Crippen LogP contribution >= 0.6 is 0 Å². The topological polar surface area (TPSA) is 53.1 Å². The van der Waals surface area contributed by atoms with Crippen molar-refractivity contribution in [3.63, 3.8) is 0 Å². The fourth-order valence-corrected chi connectivity index (χ4v) is 2.67. The first-order valence-corrected chi connectivity index (χ1v) is 7.20. The molecule has 2 aromatic carbocycles. The fraction of sp³-hybridized carbons (Fsp3) is 0.105. The zero-order valence-electron chi connectivity index (χ0n) is 12.1. The molecule has 110 valence electrons. The summed E-state index contributed by atoms with van der Waals surface area (Å²) in [6, 6.07) is 22.4. The number of pyridine rings is 1. The first-order valence-electron chi connectivity index (χ1n) is 7.20. The van der Waals surface area contributed by atoms with Gasteiger partial charge in [-0.3, -0.25) is 4.79 Å². The molecule has 0 aliphatic rings. The Morgan fingerprint density at radius 2 is 1.36 bits per heavy atom. The highest BCUT2D eigenvalue weighted by Crippen LogP contribution is 2.32. The van der Waals surface area contributed by atoms with Crippen LogP contribution in [-0.2, 0) is 12.0 Å². The van der Waals surface area contributed by atoms with E-state index in [9.17, 15) is 9.90 Å². The summed E-state index contributed by atoms with van der Waals surface area (Å²) in [5.74, 6) is 0. The summed E-state index contributed by atoms with van der Waals surface area (Å²) < 4.78 is 0. The van der Waals surface area contributed by atoms with E-state index in [1.54, 1.807) is 18.3 Å². The maximum absolute atomic E-state index is 12.0. The molecule has 3 nitrogen and oxygen atoms in total. The molecule has 0 aliphatic carbocycles. The van der Waals surface area contributed by atoms with E-state index >= 15 is 0 Å². The molecule has 3 rings (SSSR count). The predicted octanol–water partition coefficient (Wildman–Crippen LogP) is 2.85. The van der Waals surface area contributed by atoms with Crippen LogP contribution in [0.25, 0.3) is 0 Å². The van der Waals surface area contributed by atoms with Gasteiger partial charge in [-0.2, -0.15) is 0 Å². The number of H-pyrrole nitrogens is 1. The van der Waals surface area contributed by atoms with Gasteiger partial charge in [-0.05, 0) is 17.2 Å². The molecule has 0 unspecified atom stereocenters. The van der Waals surface area contributed by atoms with Gasteiger partial charge in [0.05, 0.1) is 0 Å². The van der Waals surface area contributed by atoms with E-state index in [4.69, 9.17) is 0 Å². The first kappa shape index (κ1) is 14.3. The van der Waals surface area contributed by atoms with E-state index in [0.29, 0.717) is 5.56 Å². The molecule has 22 heavy (non-hydrogen) atoms. The van der Waals surface area contributed by atoms with Crippen LogP contribution in [0.2, 0.25) is 0 Å². The highest BCUT2D eigenvalue weighted by Gasteiger charge is 2.32. The average Bonchev–Trinajstić information content (AvgIpc) is 2.58. The molecule has 0 spiro atoms. The van der Waals surface area contributed by atoms with Gasteiger partial charge in [0.2, 0.25) is 0 Å². The molecule has 0 radical (unpaired) electrons. The zero-order chi connectivity index (χ0) is 15.4. The van der Waals surface area contributed by atoms with Crippen molar-refractivity contribution in [1.82, 2.24) is 4.98 Å². The predicted molar refractivity (Wildman–Crippen MR) is 86.6 cm³/mol. The van der Waals surface area contributed by atoms with Gasteiger partial charge in [-0.1, -0.05) is 66.7 Å². The Morgan fingerprint density at radius 3 is 1.86 bits per heavy atom. The highest BCUT2D eigenvalue weighted by molar-refractivity contribution is 5.38. The molecule has 0 atom stereocenters. The molecule has 0 saturated heterocycles. The molecule has 0 saturated carbocycles. The largest absolute Gasteiger partial charge is 0.380 e. The van der Waals surface area contributed by atoms with Crippen LogP contribution in [0.4, 0.5) is 0 Å². The third kappa shape index (κ3) is 2.71. The van der Waals surface area contributed by atoms with Crippen LogP contribution in [-0.4, -0.2) is 10.1 Å². The van der Waals surface area contributed by atoms with E-state index in [2.05, 4.69) is 4.98 Å². The SMILES string of the molecule is O=c1[nH]cccc1CC(O)(c1ccccc1)c1ccccc1.